The van der Waals surface area contributed by atoms with Crippen LogP contribution < -0.4 is 0 Å². The van der Waals surface area contributed by atoms with E-state index in [1.54, 1.807) is 6.92 Å². The van der Waals surface area contributed by atoms with Crippen LogP contribution in [-0.4, -0.2) is 18.3 Å². The molecule has 4 nitrogen and oxygen atoms in total. The fraction of sp³-hybridized carbons (Fsp3) is 0.250. The SMILES string of the molecule is CCOC(=O)C1=NO[C@H](c2cccc3ccccc23)C1. The first kappa shape index (κ1) is 12.7. The number of rotatable bonds is 3. The van der Waals surface area contributed by atoms with E-state index in [0.29, 0.717) is 18.7 Å². The van der Waals surface area contributed by atoms with Crippen molar-refractivity contribution in [3.63, 3.8) is 0 Å². The summed E-state index contributed by atoms with van der Waals surface area (Å²) in [6, 6.07) is 14.2. The average molecular weight is 269 g/mol. The van der Waals surface area contributed by atoms with E-state index in [2.05, 4.69) is 23.4 Å². The number of ether oxygens (including phenoxy) is 1. The topological polar surface area (TPSA) is 47.9 Å². The minimum atomic E-state index is -0.393. The van der Waals surface area contributed by atoms with Gasteiger partial charge in [-0.1, -0.05) is 47.6 Å². The van der Waals surface area contributed by atoms with E-state index in [1.807, 2.05) is 24.3 Å². The van der Waals surface area contributed by atoms with Crippen LogP contribution in [0.2, 0.25) is 0 Å². The van der Waals surface area contributed by atoms with Crippen molar-refractivity contribution in [2.24, 2.45) is 5.16 Å². The van der Waals surface area contributed by atoms with Crippen molar-refractivity contribution in [2.45, 2.75) is 19.4 Å². The highest BCUT2D eigenvalue weighted by molar-refractivity contribution is 6.36. The summed E-state index contributed by atoms with van der Waals surface area (Å²) in [6.45, 7) is 2.12. The first-order chi connectivity index (χ1) is 9.79. The fourth-order valence-corrected chi connectivity index (χ4v) is 2.41. The van der Waals surface area contributed by atoms with Crippen molar-refractivity contribution in [1.29, 1.82) is 0 Å². The molecule has 1 aliphatic rings. The van der Waals surface area contributed by atoms with Crippen LogP contribution in [0.25, 0.3) is 10.8 Å². The Balaban J connectivity index is 1.86. The molecule has 0 radical (unpaired) electrons. The normalized spacial score (nSPS) is 17.6. The lowest BCUT2D eigenvalue weighted by Crippen LogP contribution is -2.16. The summed E-state index contributed by atoms with van der Waals surface area (Å²) >= 11 is 0. The lowest BCUT2D eigenvalue weighted by molar-refractivity contribution is -0.135. The third kappa shape index (κ3) is 2.25. The van der Waals surface area contributed by atoms with E-state index < -0.39 is 5.97 Å². The Kier molecular flexibility index (Phi) is 3.37. The zero-order valence-electron chi connectivity index (χ0n) is 11.2. The maximum Gasteiger partial charge on any atom is 0.356 e. The number of carbonyl (C=O) groups excluding carboxylic acids is 1. The molecule has 0 amide bonds. The van der Waals surface area contributed by atoms with E-state index >= 15 is 0 Å². The molecule has 4 heteroatoms. The van der Waals surface area contributed by atoms with Crippen LogP contribution in [0.1, 0.15) is 25.0 Å². The number of carbonyl (C=O) groups is 1. The summed E-state index contributed by atoms with van der Waals surface area (Å²) in [4.78, 5) is 17.1. The van der Waals surface area contributed by atoms with Crippen molar-refractivity contribution in [3.05, 3.63) is 48.0 Å². The summed E-state index contributed by atoms with van der Waals surface area (Å²) in [6.07, 6.45) is 0.229. The zero-order chi connectivity index (χ0) is 13.9. The Bertz CT molecular complexity index is 673. The van der Waals surface area contributed by atoms with E-state index in [-0.39, 0.29) is 6.10 Å². The molecule has 0 saturated carbocycles. The number of fused-ring (bicyclic) bond motifs is 1. The van der Waals surface area contributed by atoms with Gasteiger partial charge in [-0.05, 0) is 17.7 Å². The molecule has 2 aromatic rings. The van der Waals surface area contributed by atoms with Gasteiger partial charge in [0.15, 0.2) is 11.8 Å². The molecule has 1 aliphatic heterocycles. The standard InChI is InChI=1S/C16H15NO3/c1-2-19-16(18)14-10-15(20-17-14)13-9-5-7-11-6-3-4-8-12(11)13/h3-9,15H,2,10H2,1H3/t15-/m0/s1. The van der Waals surface area contributed by atoms with Crippen LogP contribution >= 0.6 is 0 Å². The summed E-state index contributed by atoms with van der Waals surface area (Å²) < 4.78 is 4.95. The molecule has 0 unspecified atom stereocenters. The molecule has 102 valence electrons. The molecule has 0 bridgehead atoms. The lowest BCUT2D eigenvalue weighted by Gasteiger charge is -2.11. The number of esters is 1. The minimum absolute atomic E-state index is 0.222. The first-order valence-corrected chi connectivity index (χ1v) is 6.67. The van der Waals surface area contributed by atoms with Crippen molar-refractivity contribution >= 4 is 22.5 Å². The van der Waals surface area contributed by atoms with Crippen LogP contribution in [0.3, 0.4) is 0 Å². The summed E-state index contributed by atoms with van der Waals surface area (Å²) in [5, 5.41) is 6.14. The van der Waals surface area contributed by atoms with Crippen molar-refractivity contribution in [3.8, 4) is 0 Å². The van der Waals surface area contributed by atoms with Gasteiger partial charge in [-0.25, -0.2) is 4.79 Å². The molecule has 0 fully saturated rings. The third-order valence-electron chi connectivity index (χ3n) is 3.35. The molecular formula is C16H15NO3. The smallest absolute Gasteiger partial charge is 0.356 e. The largest absolute Gasteiger partial charge is 0.461 e. The van der Waals surface area contributed by atoms with Crippen LogP contribution in [-0.2, 0) is 14.4 Å². The number of hydrogen-bond donors (Lipinski definition) is 0. The molecular weight excluding hydrogens is 254 g/mol. The Hall–Kier alpha value is -2.36. The van der Waals surface area contributed by atoms with Crippen LogP contribution in [0.15, 0.2) is 47.6 Å². The number of nitrogens with zero attached hydrogens (tertiary/aromatic N) is 1. The molecule has 20 heavy (non-hydrogen) atoms. The number of benzene rings is 2. The average Bonchev–Trinajstić information content (AvgIpc) is 2.97. The van der Waals surface area contributed by atoms with Gasteiger partial charge in [0.2, 0.25) is 0 Å². The molecule has 0 saturated heterocycles. The molecule has 0 aromatic heterocycles. The molecule has 1 atom stereocenters. The van der Waals surface area contributed by atoms with Gasteiger partial charge in [0.25, 0.3) is 0 Å². The highest BCUT2D eigenvalue weighted by Crippen LogP contribution is 2.32. The first-order valence-electron chi connectivity index (χ1n) is 6.67. The molecule has 0 spiro atoms. The third-order valence-corrected chi connectivity index (χ3v) is 3.35. The van der Waals surface area contributed by atoms with Crippen molar-refractivity contribution in [2.75, 3.05) is 6.61 Å². The quantitative estimate of drug-likeness (QED) is 0.804. The minimum Gasteiger partial charge on any atom is -0.461 e. The lowest BCUT2D eigenvalue weighted by atomic mass is 9.98. The Morgan fingerprint density at radius 1 is 1.30 bits per heavy atom. The number of oxime groups is 1. The van der Waals surface area contributed by atoms with E-state index in [1.165, 1.54) is 0 Å². The second kappa shape index (κ2) is 5.33. The molecule has 0 N–H and O–H groups in total. The zero-order valence-corrected chi connectivity index (χ0v) is 11.2. The predicted molar refractivity (Wildman–Crippen MR) is 76.5 cm³/mol. The predicted octanol–water partition coefficient (Wildman–Crippen LogP) is 3.22. The van der Waals surface area contributed by atoms with Gasteiger partial charge in [0, 0.05) is 12.0 Å². The van der Waals surface area contributed by atoms with Gasteiger partial charge in [0.1, 0.15) is 0 Å². The van der Waals surface area contributed by atoms with Gasteiger partial charge < -0.3 is 9.57 Å². The van der Waals surface area contributed by atoms with Gasteiger partial charge >= 0.3 is 5.97 Å². The summed E-state index contributed by atoms with van der Waals surface area (Å²) in [5.74, 6) is -0.393. The van der Waals surface area contributed by atoms with E-state index in [4.69, 9.17) is 9.57 Å². The van der Waals surface area contributed by atoms with E-state index in [9.17, 15) is 4.79 Å². The molecule has 1 heterocycles. The Morgan fingerprint density at radius 3 is 2.95 bits per heavy atom. The van der Waals surface area contributed by atoms with Gasteiger partial charge in [-0.2, -0.15) is 0 Å². The Morgan fingerprint density at radius 2 is 2.10 bits per heavy atom. The van der Waals surface area contributed by atoms with Crippen LogP contribution in [0.5, 0.6) is 0 Å². The fourth-order valence-electron chi connectivity index (χ4n) is 2.41. The van der Waals surface area contributed by atoms with Crippen molar-refractivity contribution in [1.82, 2.24) is 0 Å². The van der Waals surface area contributed by atoms with Gasteiger partial charge in [-0.3, -0.25) is 0 Å². The molecule has 2 aromatic carbocycles. The monoisotopic (exact) mass is 269 g/mol. The maximum absolute atomic E-state index is 11.7. The maximum atomic E-state index is 11.7. The highest BCUT2D eigenvalue weighted by Gasteiger charge is 2.29. The second-order valence-electron chi connectivity index (χ2n) is 4.63. The van der Waals surface area contributed by atoms with Crippen LogP contribution in [0.4, 0.5) is 0 Å². The summed E-state index contributed by atoms with van der Waals surface area (Å²) in [7, 11) is 0. The van der Waals surface area contributed by atoms with Crippen LogP contribution in [0, 0.1) is 0 Å². The van der Waals surface area contributed by atoms with Crippen molar-refractivity contribution < 1.29 is 14.4 Å². The molecule has 3 rings (SSSR count). The second-order valence-corrected chi connectivity index (χ2v) is 4.63. The van der Waals surface area contributed by atoms with E-state index in [0.717, 1.165) is 16.3 Å². The van der Waals surface area contributed by atoms with Gasteiger partial charge in [0.05, 0.1) is 6.61 Å². The Labute approximate surface area is 117 Å². The summed E-state index contributed by atoms with van der Waals surface area (Å²) in [5.41, 5.74) is 1.40. The molecule has 0 aliphatic carbocycles. The number of hydrogen-bond acceptors (Lipinski definition) is 4. The highest BCUT2D eigenvalue weighted by atomic mass is 16.6. The van der Waals surface area contributed by atoms with Gasteiger partial charge in [-0.15, -0.1) is 0 Å².